The average molecular weight is 483 g/mol. The van der Waals surface area contributed by atoms with Crippen molar-refractivity contribution >= 4 is 52.1 Å². The molecule has 1 N–H and O–H groups in total. The molecule has 0 unspecified atom stereocenters. The lowest BCUT2D eigenvalue weighted by molar-refractivity contribution is -0.137. The minimum Gasteiger partial charge on any atom is -0.481 e. The van der Waals surface area contributed by atoms with Gasteiger partial charge in [-0.15, -0.1) is 0 Å². The number of amides is 1. The Morgan fingerprint density at radius 3 is 2.52 bits per heavy atom. The molecule has 0 aromatic heterocycles. The van der Waals surface area contributed by atoms with Crippen LogP contribution in [0.1, 0.15) is 40.2 Å². The number of nitriles is 1. The molecule has 0 saturated carbocycles. The SMILES string of the molecule is N#Cc1cc(C(=O)N(CCC(=O)O)C[C@@H](CC=O)c2ccc(Cl)c(Cl)c2)c2ccccc2c1. The van der Waals surface area contributed by atoms with Crippen molar-refractivity contribution < 1.29 is 19.5 Å². The molecule has 0 heterocycles. The molecule has 0 fully saturated rings. The summed E-state index contributed by atoms with van der Waals surface area (Å²) in [4.78, 5) is 37.7. The highest BCUT2D eigenvalue weighted by molar-refractivity contribution is 6.42. The van der Waals surface area contributed by atoms with Crippen LogP contribution < -0.4 is 0 Å². The van der Waals surface area contributed by atoms with Gasteiger partial charge < -0.3 is 14.8 Å². The maximum atomic E-state index is 13.6. The Morgan fingerprint density at radius 1 is 1.09 bits per heavy atom. The molecule has 0 saturated heterocycles. The fourth-order valence-electron chi connectivity index (χ4n) is 3.69. The summed E-state index contributed by atoms with van der Waals surface area (Å²) in [5.74, 6) is -1.88. The van der Waals surface area contributed by atoms with E-state index < -0.39 is 17.8 Å². The van der Waals surface area contributed by atoms with E-state index in [1.807, 2.05) is 6.07 Å². The second-order valence-electron chi connectivity index (χ2n) is 7.52. The van der Waals surface area contributed by atoms with Gasteiger partial charge in [0.25, 0.3) is 5.91 Å². The van der Waals surface area contributed by atoms with Crippen molar-refractivity contribution in [3.8, 4) is 6.07 Å². The monoisotopic (exact) mass is 482 g/mol. The number of aldehydes is 1. The van der Waals surface area contributed by atoms with Gasteiger partial charge in [-0.3, -0.25) is 9.59 Å². The van der Waals surface area contributed by atoms with Gasteiger partial charge in [-0.2, -0.15) is 5.26 Å². The molecule has 168 valence electrons. The largest absolute Gasteiger partial charge is 0.481 e. The number of benzene rings is 3. The van der Waals surface area contributed by atoms with Crippen LogP contribution in [-0.2, 0) is 9.59 Å². The Labute approximate surface area is 200 Å². The molecule has 0 aliphatic heterocycles. The molecule has 6 nitrogen and oxygen atoms in total. The second kappa shape index (κ2) is 11.0. The number of fused-ring (bicyclic) bond motifs is 1. The van der Waals surface area contributed by atoms with E-state index in [-0.39, 0.29) is 25.9 Å². The quantitative estimate of drug-likeness (QED) is 0.416. The number of halogens is 2. The van der Waals surface area contributed by atoms with Crippen LogP contribution in [0.15, 0.2) is 54.6 Å². The first-order chi connectivity index (χ1) is 15.8. The highest BCUT2D eigenvalue weighted by Gasteiger charge is 2.24. The lowest BCUT2D eigenvalue weighted by Gasteiger charge is -2.28. The smallest absolute Gasteiger partial charge is 0.305 e. The third-order valence-electron chi connectivity index (χ3n) is 5.34. The molecule has 0 aliphatic carbocycles. The number of carboxylic acids is 1. The van der Waals surface area contributed by atoms with Gasteiger partial charge in [0.05, 0.1) is 28.1 Å². The topological polar surface area (TPSA) is 98.5 Å². The zero-order chi connectivity index (χ0) is 24.0. The van der Waals surface area contributed by atoms with E-state index in [1.165, 1.54) is 11.0 Å². The number of carboxylic acid groups (broad SMARTS) is 1. The fourth-order valence-corrected chi connectivity index (χ4v) is 4.00. The highest BCUT2D eigenvalue weighted by Crippen LogP contribution is 2.29. The summed E-state index contributed by atoms with van der Waals surface area (Å²) in [5, 5.41) is 20.7. The van der Waals surface area contributed by atoms with Crippen molar-refractivity contribution in [2.45, 2.75) is 18.8 Å². The van der Waals surface area contributed by atoms with Gasteiger partial charge in [-0.05, 0) is 40.6 Å². The van der Waals surface area contributed by atoms with E-state index in [9.17, 15) is 24.8 Å². The number of hydrogen-bond acceptors (Lipinski definition) is 4. The van der Waals surface area contributed by atoms with E-state index in [2.05, 4.69) is 6.07 Å². The van der Waals surface area contributed by atoms with Crippen molar-refractivity contribution in [1.82, 2.24) is 4.90 Å². The third kappa shape index (κ3) is 5.89. The number of carbonyl (C=O) groups excluding carboxylic acids is 2. The molecule has 3 aromatic rings. The first kappa shape index (κ1) is 24.2. The zero-order valence-electron chi connectivity index (χ0n) is 17.5. The molecule has 33 heavy (non-hydrogen) atoms. The number of aliphatic carboxylic acids is 1. The molecule has 1 amide bonds. The summed E-state index contributed by atoms with van der Waals surface area (Å²) in [6.45, 7) is 0.0316. The van der Waals surface area contributed by atoms with Crippen LogP contribution in [0.5, 0.6) is 0 Å². The normalized spacial score (nSPS) is 11.5. The fraction of sp³-hybridized carbons (Fsp3) is 0.200. The predicted octanol–water partition coefficient (Wildman–Crippen LogP) is 5.31. The summed E-state index contributed by atoms with van der Waals surface area (Å²) < 4.78 is 0. The summed E-state index contributed by atoms with van der Waals surface area (Å²) in [6.07, 6.45) is 0.587. The molecule has 3 aromatic carbocycles. The van der Waals surface area contributed by atoms with Gasteiger partial charge in [-0.25, -0.2) is 0 Å². The number of carbonyl (C=O) groups is 3. The Bertz CT molecular complexity index is 1250. The van der Waals surface area contributed by atoms with E-state index in [0.29, 0.717) is 32.1 Å². The first-order valence-corrected chi connectivity index (χ1v) is 10.9. The van der Waals surface area contributed by atoms with Crippen LogP contribution in [0.25, 0.3) is 10.8 Å². The highest BCUT2D eigenvalue weighted by atomic mass is 35.5. The second-order valence-corrected chi connectivity index (χ2v) is 8.34. The first-order valence-electron chi connectivity index (χ1n) is 10.2. The summed E-state index contributed by atoms with van der Waals surface area (Å²) in [6, 6.07) is 17.4. The van der Waals surface area contributed by atoms with Crippen LogP contribution in [0.2, 0.25) is 10.0 Å². The molecule has 0 bridgehead atoms. The number of nitrogens with zero attached hydrogens (tertiary/aromatic N) is 2. The van der Waals surface area contributed by atoms with Crippen molar-refractivity contribution in [2.24, 2.45) is 0 Å². The minimum absolute atomic E-state index is 0.0596. The summed E-state index contributed by atoms with van der Waals surface area (Å²) in [5.41, 5.74) is 1.33. The standard InChI is InChI=1S/C25H20Cl2N2O4/c26-22-6-5-17(13-23(22)27)19(8-10-30)15-29(9-7-24(31)32)25(33)21-12-16(14-28)11-18-3-1-2-4-20(18)21/h1-6,10-13,19H,7-9,15H2,(H,31,32)/t19-/m1/s1. The van der Waals surface area contributed by atoms with Gasteiger partial charge >= 0.3 is 5.97 Å². The molecule has 0 radical (unpaired) electrons. The van der Waals surface area contributed by atoms with E-state index >= 15 is 0 Å². The molecule has 3 rings (SSSR count). The predicted molar refractivity (Wildman–Crippen MR) is 127 cm³/mol. The minimum atomic E-state index is -1.05. The average Bonchev–Trinajstić information content (AvgIpc) is 2.81. The van der Waals surface area contributed by atoms with Gasteiger partial charge in [-0.1, -0.05) is 53.5 Å². The van der Waals surface area contributed by atoms with Gasteiger partial charge in [0, 0.05) is 31.0 Å². The van der Waals surface area contributed by atoms with Gasteiger partial charge in [0.2, 0.25) is 0 Å². The van der Waals surface area contributed by atoms with Crippen molar-refractivity contribution in [3.63, 3.8) is 0 Å². The Kier molecular flexibility index (Phi) is 8.05. The van der Waals surface area contributed by atoms with Crippen LogP contribution in [0.3, 0.4) is 0 Å². The lowest BCUT2D eigenvalue weighted by atomic mass is 9.94. The molecule has 0 aliphatic rings. The van der Waals surface area contributed by atoms with E-state index in [0.717, 1.165) is 11.7 Å². The number of hydrogen-bond donors (Lipinski definition) is 1. The Balaban J connectivity index is 2.03. The molecule has 1 atom stereocenters. The van der Waals surface area contributed by atoms with Crippen LogP contribution >= 0.6 is 23.2 Å². The molecular formula is C25H20Cl2N2O4. The molecule has 8 heteroatoms. The van der Waals surface area contributed by atoms with Crippen LogP contribution in [0.4, 0.5) is 0 Å². The van der Waals surface area contributed by atoms with E-state index in [4.69, 9.17) is 23.2 Å². The maximum Gasteiger partial charge on any atom is 0.305 e. The van der Waals surface area contributed by atoms with Crippen molar-refractivity contribution in [2.75, 3.05) is 13.1 Å². The number of rotatable bonds is 9. The molecular weight excluding hydrogens is 463 g/mol. The van der Waals surface area contributed by atoms with Crippen LogP contribution in [0, 0.1) is 11.3 Å². The van der Waals surface area contributed by atoms with Gasteiger partial charge in [0.15, 0.2) is 0 Å². The van der Waals surface area contributed by atoms with E-state index in [1.54, 1.807) is 42.5 Å². The van der Waals surface area contributed by atoms with Crippen molar-refractivity contribution in [1.29, 1.82) is 5.26 Å². The maximum absolute atomic E-state index is 13.6. The third-order valence-corrected chi connectivity index (χ3v) is 6.08. The molecule has 0 spiro atoms. The van der Waals surface area contributed by atoms with Crippen LogP contribution in [-0.4, -0.2) is 41.3 Å². The lowest BCUT2D eigenvalue weighted by Crippen LogP contribution is -2.36. The Morgan fingerprint density at radius 2 is 1.85 bits per heavy atom. The zero-order valence-corrected chi connectivity index (χ0v) is 19.0. The Hall–Kier alpha value is -3.40. The summed E-state index contributed by atoms with van der Waals surface area (Å²) >= 11 is 12.2. The summed E-state index contributed by atoms with van der Waals surface area (Å²) in [7, 11) is 0. The van der Waals surface area contributed by atoms with Gasteiger partial charge in [0.1, 0.15) is 6.29 Å². The van der Waals surface area contributed by atoms with Crippen molar-refractivity contribution in [3.05, 3.63) is 81.3 Å².